The number of ether oxygens (including phenoxy) is 1. The Kier molecular flexibility index (Phi) is 6.49. The van der Waals surface area contributed by atoms with Crippen LogP contribution < -0.4 is 10.1 Å². The molecule has 1 aliphatic heterocycles. The van der Waals surface area contributed by atoms with Crippen LogP contribution in [0.2, 0.25) is 0 Å². The van der Waals surface area contributed by atoms with E-state index in [4.69, 9.17) is 4.74 Å². The first-order valence-corrected chi connectivity index (χ1v) is 7.95. The van der Waals surface area contributed by atoms with Crippen molar-refractivity contribution in [3.8, 4) is 5.75 Å². The highest BCUT2D eigenvalue weighted by atomic mass is 16.5. The number of aliphatic hydroxyl groups is 1. The van der Waals surface area contributed by atoms with Gasteiger partial charge in [0.2, 0.25) is 0 Å². The Morgan fingerprint density at radius 3 is 2.90 bits per heavy atom. The third-order valence-corrected chi connectivity index (χ3v) is 4.07. The van der Waals surface area contributed by atoms with E-state index in [2.05, 4.69) is 42.3 Å². The quantitative estimate of drug-likeness (QED) is 0.766. The van der Waals surface area contributed by atoms with E-state index in [0.717, 1.165) is 25.4 Å². The van der Waals surface area contributed by atoms with Gasteiger partial charge in [0.05, 0.1) is 6.61 Å². The molecule has 2 N–H and O–H groups in total. The first-order chi connectivity index (χ1) is 10.2. The average molecular weight is 292 g/mol. The van der Waals surface area contributed by atoms with Crippen molar-refractivity contribution >= 4 is 0 Å². The van der Waals surface area contributed by atoms with Crippen molar-refractivity contribution in [1.29, 1.82) is 0 Å². The van der Waals surface area contributed by atoms with Gasteiger partial charge in [0.25, 0.3) is 0 Å². The Bertz CT molecular complexity index is 431. The molecule has 1 saturated heterocycles. The maximum Gasteiger partial charge on any atom is 0.122 e. The van der Waals surface area contributed by atoms with Gasteiger partial charge in [0.15, 0.2) is 0 Å². The molecule has 1 atom stereocenters. The van der Waals surface area contributed by atoms with Gasteiger partial charge in [-0.15, -0.1) is 0 Å². The number of hydrogen-bond acceptors (Lipinski definition) is 4. The summed E-state index contributed by atoms with van der Waals surface area (Å²) in [6.45, 7) is 8.71. The molecule has 0 spiro atoms. The highest BCUT2D eigenvalue weighted by Gasteiger charge is 2.17. The maximum atomic E-state index is 9.20. The van der Waals surface area contributed by atoms with Crippen LogP contribution in [0.15, 0.2) is 18.2 Å². The van der Waals surface area contributed by atoms with Gasteiger partial charge in [-0.2, -0.15) is 0 Å². The maximum absolute atomic E-state index is 9.20. The fraction of sp³-hybridized carbons (Fsp3) is 0.647. The van der Waals surface area contributed by atoms with Crippen LogP contribution in [0.25, 0.3) is 0 Å². The van der Waals surface area contributed by atoms with Crippen LogP contribution >= 0.6 is 0 Å². The molecule has 1 aromatic carbocycles. The van der Waals surface area contributed by atoms with Gasteiger partial charge in [-0.25, -0.2) is 0 Å². The summed E-state index contributed by atoms with van der Waals surface area (Å²) in [5.41, 5.74) is 2.39. The molecule has 1 aromatic rings. The van der Waals surface area contributed by atoms with E-state index in [1.54, 1.807) is 0 Å². The van der Waals surface area contributed by atoms with Crippen LogP contribution in [-0.2, 0) is 0 Å². The first kappa shape index (κ1) is 16.3. The van der Waals surface area contributed by atoms with Gasteiger partial charge in [-0.05, 0) is 50.4 Å². The van der Waals surface area contributed by atoms with Crippen molar-refractivity contribution in [3.05, 3.63) is 29.3 Å². The SMILES string of the molecule is Cc1ccc(C)c(OCCN(CCO)CC2CCCN2)c1. The molecule has 2 rings (SSSR count). The summed E-state index contributed by atoms with van der Waals surface area (Å²) in [6.07, 6.45) is 2.50. The lowest BCUT2D eigenvalue weighted by Gasteiger charge is -2.25. The molecule has 0 saturated carbocycles. The number of nitrogens with zero attached hydrogens (tertiary/aromatic N) is 1. The molecule has 0 radical (unpaired) electrons. The summed E-state index contributed by atoms with van der Waals surface area (Å²) in [4.78, 5) is 2.29. The van der Waals surface area contributed by atoms with E-state index in [1.807, 2.05) is 0 Å². The van der Waals surface area contributed by atoms with Gasteiger partial charge >= 0.3 is 0 Å². The predicted octanol–water partition coefficient (Wildman–Crippen LogP) is 1.73. The number of aryl methyl sites for hydroxylation is 2. The van der Waals surface area contributed by atoms with Crippen molar-refractivity contribution < 1.29 is 9.84 Å². The highest BCUT2D eigenvalue weighted by Crippen LogP contribution is 2.19. The molecule has 0 aliphatic carbocycles. The summed E-state index contributed by atoms with van der Waals surface area (Å²) in [7, 11) is 0. The largest absolute Gasteiger partial charge is 0.492 e. The van der Waals surface area contributed by atoms with Crippen molar-refractivity contribution in [2.75, 3.05) is 39.4 Å². The molecule has 0 bridgehead atoms. The van der Waals surface area contributed by atoms with Crippen LogP contribution in [0, 0.1) is 13.8 Å². The molecule has 1 heterocycles. The predicted molar refractivity (Wildman–Crippen MR) is 86.0 cm³/mol. The van der Waals surface area contributed by atoms with Crippen molar-refractivity contribution in [2.24, 2.45) is 0 Å². The third kappa shape index (κ3) is 5.30. The number of benzene rings is 1. The fourth-order valence-electron chi connectivity index (χ4n) is 2.81. The lowest BCUT2D eigenvalue weighted by Crippen LogP contribution is -2.40. The summed E-state index contributed by atoms with van der Waals surface area (Å²) in [6, 6.07) is 6.85. The molecule has 4 nitrogen and oxygen atoms in total. The first-order valence-electron chi connectivity index (χ1n) is 7.95. The van der Waals surface area contributed by atoms with Crippen LogP contribution in [0.5, 0.6) is 5.75 Å². The van der Waals surface area contributed by atoms with E-state index in [0.29, 0.717) is 19.2 Å². The Labute approximate surface area is 128 Å². The molecule has 4 heteroatoms. The van der Waals surface area contributed by atoms with E-state index < -0.39 is 0 Å². The molecular formula is C17H28N2O2. The van der Waals surface area contributed by atoms with Crippen molar-refractivity contribution in [3.63, 3.8) is 0 Å². The highest BCUT2D eigenvalue weighted by molar-refractivity contribution is 5.35. The van der Waals surface area contributed by atoms with Gasteiger partial charge < -0.3 is 15.2 Å². The lowest BCUT2D eigenvalue weighted by molar-refractivity contribution is 0.159. The summed E-state index contributed by atoms with van der Waals surface area (Å²) in [5, 5.41) is 12.7. The molecule has 21 heavy (non-hydrogen) atoms. The monoisotopic (exact) mass is 292 g/mol. The minimum Gasteiger partial charge on any atom is -0.492 e. The zero-order valence-electron chi connectivity index (χ0n) is 13.3. The Hall–Kier alpha value is -1.10. The van der Waals surface area contributed by atoms with E-state index >= 15 is 0 Å². The second kappa shape index (κ2) is 8.37. The molecule has 0 aromatic heterocycles. The topological polar surface area (TPSA) is 44.7 Å². The standard InChI is InChI=1S/C17H28N2O2/c1-14-5-6-15(2)17(12-14)21-11-9-19(8-10-20)13-16-4-3-7-18-16/h5-6,12,16,18,20H,3-4,7-11,13H2,1-2H3. The van der Waals surface area contributed by atoms with Gasteiger partial charge in [-0.1, -0.05) is 12.1 Å². The molecule has 1 unspecified atom stereocenters. The van der Waals surface area contributed by atoms with Crippen LogP contribution in [0.3, 0.4) is 0 Å². The third-order valence-electron chi connectivity index (χ3n) is 4.07. The van der Waals surface area contributed by atoms with Crippen LogP contribution in [-0.4, -0.2) is 55.4 Å². The Balaban J connectivity index is 1.79. The van der Waals surface area contributed by atoms with Crippen LogP contribution in [0.4, 0.5) is 0 Å². The van der Waals surface area contributed by atoms with Crippen LogP contribution in [0.1, 0.15) is 24.0 Å². The minimum atomic E-state index is 0.205. The minimum absolute atomic E-state index is 0.205. The zero-order chi connectivity index (χ0) is 15.1. The Morgan fingerprint density at radius 1 is 1.33 bits per heavy atom. The molecule has 1 aliphatic rings. The second-order valence-corrected chi connectivity index (χ2v) is 5.93. The summed E-state index contributed by atoms with van der Waals surface area (Å²) >= 11 is 0. The molecular weight excluding hydrogens is 264 g/mol. The van der Waals surface area contributed by atoms with Gasteiger partial charge in [0, 0.05) is 25.7 Å². The lowest BCUT2D eigenvalue weighted by atomic mass is 10.1. The second-order valence-electron chi connectivity index (χ2n) is 5.93. The normalized spacial score (nSPS) is 18.4. The summed E-state index contributed by atoms with van der Waals surface area (Å²) < 4.78 is 5.92. The van der Waals surface area contributed by atoms with E-state index in [9.17, 15) is 5.11 Å². The average Bonchev–Trinajstić information content (AvgIpc) is 2.96. The van der Waals surface area contributed by atoms with Gasteiger partial charge in [0.1, 0.15) is 12.4 Å². The van der Waals surface area contributed by atoms with Crippen molar-refractivity contribution in [2.45, 2.75) is 32.7 Å². The molecule has 0 amide bonds. The fourth-order valence-corrected chi connectivity index (χ4v) is 2.81. The number of nitrogens with one attached hydrogen (secondary N) is 1. The Morgan fingerprint density at radius 2 is 2.19 bits per heavy atom. The molecule has 118 valence electrons. The van der Waals surface area contributed by atoms with Gasteiger partial charge in [-0.3, -0.25) is 4.90 Å². The number of rotatable bonds is 8. The molecule has 1 fully saturated rings. The van der Waals surface area contributed by atoms with Crippen molar-refractivity contribution in [1.82, 2.24) is 10.2 Å². The number of aliphatic hydroxyl groups excluding tert-OH is 1. The van der Waals surface area contributed by atoms with E-state index in [1.165, 1.54) is 24.0 Å². The smallest absolute Gasteiger partial charge is 0.122 e. The zero-order valence-corrected chi connectivity index (χ0v) is 13.3. The summed E-state index contributed by atoms with van der Waals surface area (Å²) in [5.74, 6) is 0.970. The van der Waals surface area contributed by atoms with E-state index in [-0.39, 0.29) is 6.61 Å². The number of hydrogen-bond donors (Lipinski definition) is 2.